The average molecular weight is 255 g/mol. The lowest BCUT2D eigenvalue weighted by molar-refractivity contribution is 0.00718. The minimum atomic E-state index is -0.145. The van der Waals surface area contributed by atoms with Crippen LogP contribution in [-0.2, 0) is 11.2 Å². The Morgan fingerprint density at radius 2 is 2.00 bits per heavy atom. The van der Waals surface area contributed by atoms with E-state index in [1.54, 1.807) is 7.11 Å². The van der Waals surface area contributed by atoms with Crippen molar-refractivity contribution in [3.63, 3.8) is 0 Å². The summed E-state index contributed by atoms with van der Waals surface area (Å²) in [7, 11) is 1.67. The summed E-state index contributed by atoms with van der Waals surface area (Å²) >= 11 is 0. The molecule has 18 heavy (non-hydrogen) atoms. The molecule has 0 saturated heterocycles. The molecule has 0 spiro atoms. The highest BCUT2D eigenvalue weighted by Crippen LogP contribution is 2.33. The molecule has 0 aliphatic heterocycles. The number of ether oxygens (including phenoxy) is 1. The van der Waals surface area contributed by atoms with Crippen molar-refractivity contribution in [2.45, 2.75) is 53.2 Å². The maximum Gasteiger partial charge on any atom is 0.228 e. The molecule has 0 saturated carbocycles. The largest absolute Gasteiger partial charge is 0.373 e. The zero-order valence-electron chi connectivity index (χ0n) is 12.3. The van der Waals surface area contributed by atoms with Gasteiger partial charge in [-0.25, -0.2) is 0 Å². The molecule has 0 bridgehead atoms. The highest BCUT2D eigenvalue weighted by Gasteiger charge is 2.30. The van der Waals surface area contributed by atoms with E-state index in [2.05, 4.69) is 50.1 Å². The molecule has 0 aliphatic rings. The van der Waals surface area contributed by atoms with Crippen molar-refractivity contribution in [2.75, 3.05) is 13.7 Å². The van der Waals surface area contributed by atoms with Crippen LogP contribution < -0.4 is 5.32 Å². The molecule has 0 aromatic carbocycles. The van der Waals surface area contributed by atoms with Gasteiger partial charge in [0.05, 0.1) is 0 Å². The Balaban J connectivity index is 2.62. The zero-order chi connectivity index (χ0) is 13.8. The zero-order valence-corrected chi connectivity index (χ0v) is 12.3. The molecule has 1 N–H and O–H groups in total. The van der Waals surface area contributed by atoms with Crippen molar-refractivity contribution < 1.29 is 9.26 Å². The number of hydrogen-bond donors (Lipinski definition) is 1. The molecule has 1 unspecified atom stereocenters. The SMILES string of the molecule is COC(c1noc(CCNC(C)C)n1)C(C)(C)C. The lowest BCUT2D eigenvalue weighted by Crippen LogP contribution is -2.25. The Hall–Kier alpha value is -0.940. The number of nitrogens with zero attached hydrogens (tertiary/aromatic N) is 2. The maximum atomic E-state index is 5.46. The van der Waals surface area contributed by atoms with E-state index in [9.17, 15) is 0 Å². The molecule has 0 radical (unpaired) electrons. The Kier molecular flexibility index (Phi) is 5.28. The van der Waals surface area contributed by atoms with E-state index in [0.29, 0.717) is 17.8 Å². The van der Waals surface area contributed by atoms with Gasteiger partial charge in [-0.1, -0.05) is 39.8 Å². The predicted molar refractivity (Wildman–Crippen MR) is 70.3 cm³/mol. The van der Waals surface area contributed by atoms with E-state index < -0.39 is 0 Å². The second-order valence-corrected chi connectivity index (χ2v) is 5.89. The van der Waals surface area contributed by atoms with E-state index in [1.165, 1.54) is 0 Å². The molecular formula is C13H25N3O2. The molecule has 5 heteroatoms. The van der Waals surface area contributed by atoms with E-state index >= 15 is 0 Å². The van der Waals surface area contributed by atoms with Crippen LogP contribution in [0.15, 0.2) is 4.52 Å². The summed E-state index contributed by atoms with van der Waals surface area (Å²) in [6.45, 7) is 11.3. The minimum Gasteiger partial charge on any atom is -0.373 e. The molecule has 1 atom stereocenters. The smallest absolute Gasteiger partial charge is 0.228 e. The van der Waals surface area contributed by atoms with Crippen LogP contribution in [0.4, 0.5) is 0 Å². The molecule has 1 aromatic heterocycles. The molecule has 0 amide bonds. The third-order valence-corrected chi connectivity index (χ3v) is 2.63. The van der Waals surface area contributed by atoms with E-state index in [-0.39, 0.29) is 11.5 Å². The average Bonchev–Trinajstić information content (AvgIpc) is 2.64. The van der Waals surface area contributed by atoms with Crippen LogP contribution in [0.1, 0.15) is 52.4 Å². The third-order valence-electron chi connectivity index (χ3n) is 2.63. The standard InChI is InChI=1S/C13H25N3O2/c1-9(2)14-8-7-10-15-12(16-18-10)11(17-6)13(3,4)5/h9,11,14H,7-8H2,1-6H3. The Morgan fingerprint density at radius 1 is 1.33 bits per heavy atom. The van der Waals surface area contributed by atoms with Gasteiger partial charge < -0.3 is 14.6 Å². The summed E-state index contributed by atoms with van der Waals surface area (Å²) in [6.07, 6.45) is 0.597. The topological polar surface area (TPSA) is 60.2 Å². The van der Waals surface area contributed by atoms with Gasteiger partial charge in [0, 0.05) is 26.1 Å². The molecule has 0 fully saturated rings. The minimum absolute atomic E-state index is 0.0495. The van der Waals surface area contributed by atoms with Gasteiger partial charge in [-0.2, -0.15) is 4.98 Å². The normalized spacial score (nSPS) is 14.2. The van der Waals surface area contributed by atoms with E-state index in [1.807, 2.05) is 0 Å². The fourth-order valence-corrected chi connectivity index (χ4v) is 1.79. The summed E-state index contributed by atoms with van der Waals surface area (Å²) in [5.41, 5.74) is -0.0495. The van der Waals surface area contributed by atoms with E-state index in [4.69, 9.17) is 9.26 Å². The Bertz CT molecular complexity index is 355. The van der Waals surface area contributed by atoms with Gasteiger partial charge >= 0.3 is 0 Å². The Labute approximate surface area is 109 Å². The summed E-state index contributed by atoms with van der Waals surface area (Å²) < 4.78 is 10.7. The lowest BCUT2D eigenvalue weighted by atomic mass is 9.88. The molecule has 1 heterocycles. The van der Waals surface area contributed by atoms with Crippen molar-refractivity contribution in [3.8, 4) is 0 Å². The number of methoxy groups -OCH3 is 1. The highest BCUT2D eigenvalue weighted by atomic mass is 16.5. The fraction of sp³-hybridized carbons (Fsp3) is 0.846. The molecular weight excluding hydrogens is 230 g/mol. The first kappa shape index (κ1) is 15.1. The maximum absolute atomic E-state index is 5.46. The van der Waals surface area contributed by atoms with Gasteiger partial charge in [-0.3, -0.25) is 0 Å². The number of rotatable bonds is 6. The van der Waals surface area contributed by atoms with Gasteiger partial charge in [0.2, 0.25) is 11.7 Å². The summed E-state index contributed by atoms with van der Waals surface area (Å²) in [4.78, 5) is 4.40. The van der Waals surface area contributed by atoms with E-state index in [0.717, 1.165) is 13.0 Å². The van der Waals surface area contributed by atoms with Gasteiger partial charge in [-0.05, 0) is 5.41 Å². The Morgan fingerprint density at radius 3 is 2.50 bits per heavy atom. The summed E-state index contributed by atoms with van der Waals surface area (Å²) in [5, 5.41) is 7.33. The predicted octanol–water partition coefficient (Wildman–Crippen LogP) is 2.34. The van der Waals surface area contributed by atoms with Crippen LogP contribution in [0.3, 0.4) is 0 Å². The number of nitrogens with one attached hydrogen (secondary N) is 1. The van der Waals surface area contributed by atoms with Crippen molar-refractivity contribution in [3.05, 3.63) is 11.7 Å². The molecule has 1 aromatic rings. The second kappa shape index (κ2) is 6.29. The van der Waals surface area contributed by atoms with Crippen LogP contribution in [0.5, 0.6) is 0 Å². The molecule has 0 aliphatic carbocycles. The fourth-order valence-electron chi connectivity index (χ4n) is 1.79. The number of hydrogen-bond acceptors (Lipinski definition) is 5. The van der Waals surface area contributed by atoms with Crippen LogP contribution in [0, 0.1) is 5.41 Å². The second-order valence-electron chi connectivity index (χ2n) is 5.89. The van der Waals surface area contributed by atoms with Gasteiger partial charge in [0.15, 0.2) is 0 Å². The van der Waals surface area contributed by atoms with Crippen LogP contribution in [-0.4, -0.2) is 29.8 Å². The quantitative estimate of drug-likeness (QED) is 0.845. The van der Waals surface area contributed by atoms with Crippen LogP contribution in [0.25, 0.3) is 0 Å². The van der Waals surface area contributed by atoms with Gasteiger partial charge in [0.1, 0.15) is 6.10 Å². The summed E-state index contributed by atoms with van der Waals surface area (Å²) in [5.74, 6) is 1.29. The number of aromatic nitrogens is 2. The van der Waals surface area contributed by atoms with Crippen molar-refractivity contribution >= 4 is 0 Å². The lowest BCUT2D eigenvalue weighted by Gasteiger charge is -2.26. The molecule has 1 rings (SSSR count). The first-order chi connectivity index (χ1) is 8.34. The summed E-state index contributed by atoms with van der Waals surface area (Å²) in [6, 6.07) is 0.466. The highest BCUT2D eigenvalue weighted by molar-refractivity contribution is 4.96. The molecule has 104 valence electrons. The van der Waals surface area contributed by atoms with Crippen molar-refractivity contribution in [2.24, 2.45) is 5.41 Å². The molecule has 5 nitrogen and oxygen atoms in total. The van der Waals surface area contributed by atoms with Crippen LogP contribution in [0.2, 0.25) is 0 Å². The van der Waals surface area contributed by atoms with Gasteiger partial charge in [0.25, 0.3) is 0 Å². The van der Waals surface area contributed by atoms with Gasteiger partial charge in [-0.15, -0.1) is 0 Å². The first-order valence-electron chi connectivity index (χ1n) is 6.43. The van der Waals surface area contributed by atoms with Crippen LogP contribution >= 0.6 is 0 Å². The van der Waals surface area contributed by atoms with Crippen molar-refractivity contribution in [1.29, 1.82) is 0 Å². The first-order valence-corrected chi connectivity index (χ1v) is 6.43. The van der Waals surface area contributed by atoms with Crippen molar-refractivity contribution in [1.82, 2.24) is 15.5 Å². The monoisotopic (exact) mass is 255 g/mol. The third kappa shape index (κ3) is 4.38.